The number of carbonyl (C=O) groups is 3. The SMILES string of the molecule is COC(=O)N[C@H](C(=O)N1CCC[C@H]1C(=O)Nc1ccc([C@@H]2CC[C@@H](c3ccc(C4=CNCN4)cc3)N2c2ccc(F)cc2)cc1)C(C)C. The highest BCUT2D eigenvalue weighted by Crippen LogP contribution is 2.47. The van der Waals surface area contributed by atoms with E-state index in [-0.39, 0.29) is 35.6 Å². The summed E-state index contributed by atoms with van der Waals surface area (Å²) < 4.78 is 18.7. The van der Waals surface area contributed by atoms with Crippen LogP contribution in [0.4, 0.5) is 20.6 Å². The van der Waals surface area contributed by atoms with Gasteiger partial charge in [0, 0.05) is 24.1 Å². The standard InChI is InChI=1S/C37H43FN6O4/c1-23(2)34(42-37(47)48-3)36(46)43-20-4-5-33(43)35(45)41-28-14-10-26(11-15-28)32-19-18-31(44(32)29-16-12-27(38)13-17-29)25-8-6-24(7-9-25)30-21-39-22-40-30/h6-17,21,23,31-34,39-40H,4-5,18-20,22H2,1-3H3,(H,41,45)(H,42,47)/t31-,32-,33-,34-/m0/s1. The van der Waals surface area contributed by atoms with Gasteiger partial charge in [-0.2, -0.15) is 0 Å². The number of anilines is 2. The number of ether oxygens (including phenoxy) is 1. The highest BCUT2D eigenvalue weighted by Gasteiger charge is 2.39. The average Bonchev–Trinajstić information content (AvgIpc) is 3.89. The molecule has 0 unspecified atom stereocenters. The molecule has 3 aliphatic heterocycles. The normalized spacial score (nSPS) is 20.9. The van der Waals surface area contributed by atoms with E-state index in [1.807, 2.05) is 56.4 Å². The fraction of sp³-hybridized carbons (Fsp3) is 0.378. The number of hydrogen-bond acceptors (Lipinski definition) is 7. The van der Waals surface area contributed by atoms with Gasteiger partial charge in [0.15, 0.2) is 0 Å². The Morgan fingerprint density at radius 1 is 0.896 bits per heavy atom. The average molecular weight is 655 g/mol. The zero-order chi connectivity index (χ0) is 33.8. The summed E-state index contributed by atoms with van der Waals surface area (Å²) in [4.78, 5) is 42.7. The summed E-state index contributed by atoms with van der Waals surface area (Å²) in [5.41, 5.74) is 6.05. The minimum Gasteiger partial charge on any atom is -0.453 e. The largest absolute Gasteiger partial charge is 0.453 e. The molecule has 0 radical (unpaired) electrons. The number of benzene rings is 3. The van der Waals surface area contributed by atoms with Crippen LogP contribution >= 0.6 is 0 Å². The Hall–Kier alpha value is -5.06. The molecule has 2 fully saturated rings. The topological polar surface area (TPSA) is 115 Å². The molecule has 48 heavy (non-hydrogen) atoms. The maximum Gasteiger partial charge on any atom is 0.407 e. The fourth-order valence-corrected chi connectivity index (χ4v) is 7.05. The number of rotatable bonds is 9. The van der Waals surface area contributed by atoms with Gasteiger partial charge in [-0.1, -0.05) is 50.2 Å². The highest BCUT2D eigenvalue weighted by atomic mass is 19.1. The summed E-state index contributed by atoms with van der Waals surface area (Å²) in [6.07, 6.45) is 4.37. The monoisotopic (exact) mass is 654 g/mol. The third-order valence-electron chi connectivity index (χ3n) is 9.54. The Morgan fingerprint density at radius 2 is 1.54 bits per heavy atom. The molecule has 0 saturated carbocycles. The number of methoxy groups -OCH3 is 1. The Morgan fingerprint density at radius 3 is 2.12 bits per heavy atom. The second-order valence-corrected chi connectivity index (χ2v) is 12.9. The molecule has 252 valence electrons. The number of halogens is 1. The van der Waals surface area contributed by atoms with Gasteiger partial charge in [-0.05, 0) is 84.7 Å². The van der Waals surface area contributed by atoms with Crippen molar-refractivity contribution in [1.29, 1.82) is 0 Å². The molecule has 4 N–H and O–H groups in total. The van der Waals surface area contributed by atoms with E-state index >= 15 is 0 Å². The first kappa shape index (κ1) is 32.9. The van der Waals surface area contributed by atoms with Gasteiger partial charge in [0.05, 0.1) is 31.6 Å². The molecule has 3 heterocycles. The van der Waals surface area contributed by atoms with Gasteiger partial charge in [0.25, 0.3) is 0 Å². The molecule has 4 atom stereocenters. The lowest BCUT2D eigenvalue weighted by molar-refractivity contribution is -0.139. The summed E-state index contributed by atoms with van der Waals surface area (Å²) in [5.74, 6) is -1.00. The quantitative estimate of drug-likeness (QED) is 0.235. The highest BCUT2D eigenvalue weighted by molar-refractivity contribution is 5.98. The van der Waals surface area contributed by atoms with Gasteiger partial charge in [0.1, 0.15) is 17.9 Å². The number of carbonyl (C=O) groups excluding carboxylic acids is 3. The van der Waals surface area contributed by atoms with Gasteiger partial charge >= 0.3 is 6.09 Å². The summed E-state index contributed by atoms with van der Waals surface area (Å²) in [7, 11) is 1.25. The van der Waals surface area contributed by atoms with Crippen LogP contribution in [-0.2, 0) is 14.3 Å². The lowest BCUT2D eigenvalue weighted by Gasteiger charge is -2.33. The van der Waals surface area contributed by atoms with E-state index in [1.165, 1.54) is 24.8 Å². The predicted molar refractivity (Wildman–Crippen MR) is 183 cm³/mol. The minimum absolute atomic E-state index is 0.0477. The van der Waals surface area contributed by atoms with Crippen molar-refractivity contribution in [2.75, 3.05) is 30.5 Å². The Bertz CT molecular complexity index is 1640. The molecule has 3 aromatic rings. The molecule has 6 rings (SSSR count). The second kappa shape index (κ2) is 14.4. The third-order valence-corrected chi connectivity index (χ3v) is 9.54. The first-order valence-corrected chi connectivity index (χ1v) is 16.6. The van der Waals surface area contributed by atoms with Crippen molar-refractivity contribution in [3.8, 4) is 0 Å². The van der Waals surface area contributed by atoms with Crippen molar-refractivity contribution < 1.29 is 23.5 Å². The molecule has 0 aliphatic carbocycles. The van der Waals surface area contributed by atoms with Gasteiger partial charge in [0.2, 0.25) is 11.8 Å². The van der Waals surface area contributed by atoms with Crippen LogP contribution in [0, 0.1) is 11.7 Å². The molecule has 2 saturated heterocycles. The van der Waals surface area contributed by atoms with E-state index in [1.54, 1.807) is 4.90 Å². The molecule has 3 aliphatic rings. The lowest BCUT2D eigenvalue weighted by atomic mass is 10.0. The van der Waals surface area contributed by atoms with Crippen LogP contribution in [0.2, 0.25) is 0 Å². The fourth-order valence-electron chi connectivity index (χ4n) is 7.05. The number of nitrogens with zero attached hydrogens (tertiary/aromatic N) is 2. The van der Waals surface area contributed by atoms with E-state index in [2.05, 4.69) is 50.4 Å². The van der Waals surface area contributed by atoms with Gasteiger partial charge in [-0.15, -0.1) is 0 Å². The van der Waals surface area contributed by atoms with Crippen molar-refractivity contribution in [2.45, 2.75) is 63.7 Å². The molecule has 3 aromatic carbocycles. The van der Waals surface area contributed by atoms with E-state index in [4.69, 9.17) is 4.74 Å². The van der Waals surface area contributed by atoms with E-state index in [0.717, 1.165) is 42.0 Å². The zero-order valence-corrected chi connectivity index (χ0v) is 27.5. The van der Waals surface area contributed by atoms with Crippen LogP contribution < -0.4 is 26.2 Å². The Labute approximate surface area is 280 Å². The van der Waals surface area contributed by atoms with Gasteiger partial charge < -0.3 is 35.8 Å². The van der Waals surface area contributed by atoms with Gasteiger partial charge in [-0.3, -0.25) is 9.59 Å². The molecule has 0 spiro atoms. The van der Waals surface area contributed by atoms with Crippen molar-refractivity contribution in [2.24, 2.45) is 5.92 Å². The Balaban J connectivity index is 1.17. The number of nitrogens with one attached hydrogen (secondary N) is 4. The summed E-state index contributed by atoms with van der Waals surface area (Å²) in [6.45, 7) is 4.85. The van der Waals surface area contributed by atoms with Crippen LogP contribution in [0.3, 0.4) is 0 Å². The molecule has 3 amide bonds. The second-order valence-electron chi connectivity index (χ2n) is 12.9. The van der Waals surface area contributed by atoms with E-state index in [0.29, 0.717) is 25.1 Å². The van der Waals surface area contributed by atoms with Crippen molar-refractivity contribution in [3.63, 3.8) is 0 Å². The van der Waals surface area contributed by atoms with Crippen LogP contribution in [0.1, 0.15) is 68.3 Å². The van der Waals surface area contributed by atoms with Crippen molar-refractivity contribution in [1.82, 2.24) is 20.9 Å². The zero-order valence-electron chi connectivity index (χ0n) is 27.5. The maximum absolute atomic E-state index is 14.0. The molecular weight excluding hydrogens is 611 g/mol. The van der Waals surface area contributed by atoms with Crippen molar-refractivity contribution >= 4 is 35.0 Å². The first-order valence-electron chi connectivity index (χ1n) is 16.6. The predicted octanol–water partition coefficient (Wildman–Crippen LogP) is 5.67. The summed E-state index contributed by atoms with van der Waals surface area (Å²) >= 11 is 0. The van der Waals surface area contributed by atoms with Crippen LogP contribution in [0.5, 0.6) is 0 Å². The van der Waals surface area contributed by atoms with Gasteiger partial charge in [-0.25, -0.2) is 9.18 Å². The lowest BCUT2D eigenvalue weighted by Crippen LogP contribution is -2.54. The van der Waals surface area contributed by atoms with Crippen LogP contribution in [-0.4, -0.2) is 55.2 Å². The number of amides is 3. The minimum atomic E-state index is -0.790. The molecule has 0 bridgehead atoms. The maximum atomic E-state index is 14.0. The third kappa shape index (κ3) is 6.95. The van der Waals surface area contributed by atoms with Crippen LogP contribution in [0.15, 0.2) is 79.0 Å². The summed E-state index contributed by atoms with van der Waals surface area (Å²) in [6, 6.07) is 21.8. The molecule has 0 aromatic heterocycles. The Kier molecular flexibility index (Phi) is 9.84. The first-order chi connectivity index (χ1) is 23.2. The van der Waals surface area contributed by atoms with E-state index in [9.17, 15) is 18.8 Å². The number of likely N-dealkylation sites (tertiary alicyclic amines) is 1. The molecule has 11 heteroatoms. The van der Waals surface area contributed by atoms with Crippen molar-refractivity contribution in [3.05, 3.63) is 102 Å². The number of alkyl carbamates (subject to hydrolysis) is 1. The molecule has 10 nitrogen and oxygen atoms in total. The summed E-state index contributed by atoms with van der Waals surface area (Å²) in [5, 5.41) is 12.1. The number of hydrogen-bond donors (Lipinski definition) is 4. The van der Waals surface area contributed by atoms with E-state index < -0.39 is 18.2 Å². The molecular formula is C37H43FN6O4. The van der Waals surface area contributed by atoms with Crippen LogP contribution in [0.25, 0.3) is 5.70 Å². The smallest absolute Gasteiger partial charge is 0.407 e.